The van der Waals surface area contributed by atoms with E-state index in [1.165, 1.54) is 11.5 Å². The van der Waals surface area contributed by atoms with Gasteiger partial charge in [-0.15, -0.1) is 5.10 Å². The highest BCUT2D eigenvalue weighted by Crippen LogP contribution is 2.24. The van der Waals surface area contributed by atoms with Crippen LogP contribution in [0.25, 0.3) is 0 Å². The number of halogens is 1. The second-order valence-corrected chi connectivity index (χ2v) is 5.28. The molecule has 0 radical (unpaired) electrons. The average molecular weight is 276 g/mol. The summed E-state index contributed by atoms with van der Waals surface area (Å²) in [7, 11) is 0. The van der Waals surface area contributed by atoms with E-state index in [1.807, 2.05) is 4.90 Å². The maximum Gasteiger partial charge on any atom is 0.275 e. The van der Waals surface area contributed by atoms with Crippen LogP contribution < -0.4 is 0 Å². The molecule has 0 saturated carbocycles. The van der Waals surface area contributed by atoms with Crippen molar-refractivity contribution in [1.82, 2.24) is 14.5 Å². The number of nitrogens with zero attached hydrogens (tertiary/aromatic N) is 3. The van der Waals surface area contributed by atoms with Crippen molar-refractivity contribution in [3.8, 4) is 0 Å². The van der Waals surface area contributed by atoms with E-state index in [0.717, 1.165) is 13.1 Å². The summed E-state index contributed by atoms with van der Waals surface area (Å²) < 4.78 is 3.69. The zero-order valence-corrected chi connectivity index (χ0v) is 10.1. The summed E-state index contributed by atoms with van der Waals surface area (Å²) in [5.41, 5.74) is 0.462. The first-order valence-corrected chi connectivity index (χ1v) is 6.14. The molecule has 2 rings (SSSR count). The fourth-order valence-electron chi connectivity index (χ4n) is 1.51. The molecule has 76 valence electrons. The standard InChI is InChI=1S/C8H10BrN3OS/c1-5-2-12(3-6(5)9)8(13)7-4-14-11-10-7/h4-6H,2-3H2,1H3. The van der Waals surface area contributed by atoms with Gasteiger partial charge in [0.15, 0.2) is 5.69 Å². The summed E-state index contributed by atoms with van der Waals surface area (Å²) in [6, 6.07) is 0. The molecular formula is C8H10BrN3OS. The fourth-order valence-corrected chi connectivity index (χ4v) is 2.46. The molecule has 1 saturated heterocycles. The van der Waals surface area contributed by atoms with Gasteiger partial charge in [-0.05, 0) is 17.5 Å². The lowest BCUT2D eigenvalue weighted by Gasteiger charge is -2.13. The molecule has 6 heteroatoms. The molecule has 0 spiro atoms. The van der Waals surface area contributed by atoms with Crippen molar-refractivity contribution in [3.63, 3.8) is 0 Å². The molecule has 1 aromatic rings. The molecule has 2 unspecified atom stereocenters. The Labute approximate surface area is 94.6 Å². The van der Waals surface area contributed by atoms with Crippen molar-refractivity contribution in [1.29, 1.82) is 0 Å². The third-order valence-corrected chi connectivity index (χ3v) is 4.08. The molecule has 0 N–H and O–H groups in total. The van der Waals surface area contributed by atoms with Crippen LogP contribution in [0.3, 0.4) is 0 Å². The van der Waals surface area contributed by atoms with Crippen molar-refractivity contribution >= 4 is 33.4 Å². The molecule has 0 bridgehead atoms. The molecule has 14 heavy (non-hydrogen) atoms. The lowest BCUT2D eigenvalue weighted by atomic mass is 10.2. The lowest BCUT2D eigenvalue weighted by Crippen LogP contribution is -2.29. The maximum absolute atomic E-state index is 11.8. The summed E-state index contributed by atoms with van der Waals surface area (Å²) >= 11 is 4.76. The SMILES string of the molecule is CC1CN(C(=O)c2csnn2)CC1Br. The number of carbonyl (C=O) groups is 1. The topological polar surface area (TPSA) is 46.1 Å². The number of amides is 1. The highest BCUT2D eigenvalue weighted by Gasteiger charge is 2.31. The van der Waals surface area contributed by atoms with Gasteiger partial charge in [-0.25, -0.2) is 0 Å². The van der Waals surface area contributed by atoms with Crippen LogP contribution in [0.4, 0.5) is 0 Å². The second kappa shape index (κ2) is 3.94. The Bertz CT molecular complexity index is 319. The van der Waals surface area contributed by atoms with Crippen molar-refractivity contribution in [3.05, 3.63) is 11.1 Å². The zero-order chi connectivity index (χ0) is 10.1. The molecule has 0 aliphatic carbocycles. The molecule has 1 aliphatic heterocycles. The van der Waals surface area contributed by atoms with E-state index in [9.17, 15) is 4.79 Å². The van der Waals surface area contributed by atoms with Crippen molar-refractivity contribution in [2.75, 3.05) is 13.1 Å². The van der Waals surface area contributed by atoms with E-state index in [2.05, 4.69) is 32.4 Å². The lowest BCUT2D eigenvalue weighted by molar-refractivity contribution is 0.0782. The molecule has 1 aromatic heterocycles. The largest absolute Gasteiger partial charge is 0.336 e. The number of hydrogen-bond donors (Lipinski definition) is 0. The molecule has 4 nitrogen and oxygen atoms in total. The van der Waals surface area contributed by atoms with Crippen LogP contribution >= 0.6 is 27.5 Å². The van der Waals surface area contributed by atoms with E-state index in [4.69, 9.17) is 0 Å². The summed E-state index contributed by atoms with van der Waals surface area (Å²) in [6.07, 6.45) is 0. The minimum atomic E-state index is -0.00690. The van der Waals surface area contributed by atoms with Crippen LogP contribution in [0.2, 0.25) is 0 Å². The number of carbonyl (C=O) groups excluding carboxylic acids is 1. The van der Waals surface area contributed by atoms with Crippen LogP contribution in [-0.4, -0.2) is 38.3 Å². The summed E-state index contributed by atoms with van der Waals surface area (Å²) in [5, 5.41) is 5.46. The minimum absolute atomic E-state index is 0.00690. The van der Waals surface area contributed by atoms with E-state index in [0.29, 0.717) is 16.4 Å². The van der Waals surface area contributed by atoms with Crippen LogP contribution in [-0.2, 0) is 0 Å². The van der Waals surface area contributed by atoms with Gasteiger partial charge in [0.2, 0.25) is 0 Å². The van der Waals surface area contributed by atoms with Crippen molar-refractivity contribution < 1.29 is 4.79 Å². The Hall–Kier alpha value is -0.490. The van der Waals surface area contributed by atoms with Gasteiger partial charge in [0, 0.05) is 23.3 Å². The summed E-state index contributed by atoms with van der Waals surface area (Å²) in [5.74, 6) is 0.498. The third-order valence-electron chi connectivity index (χ3n) is 2.39. The monoisotopic (exact) mass is 275 g/mol. The first-order valence-electron chi connectivity index (χ1n) is 4.39. The normalized spacial score (nSPS) is 26.9. The van der Waals surface area contributed by atoms with E-state index < -0.39 is 0 Å². The third kappa shape index (κ3) is 1.81. The van der Waals surface area contributed by atoms with Crippen LogP contribution in [0.5, 0.6) is 0 Å². The quantitative estimate of drug-likeness (QED) is 0.728. The predicted octanol–water partition coefficient (Wildman–Crippen LogP) is 1.39. The molecule has 1 amide bonds. The molecule has 0 aromatic carbocycles. The van der Waals surface area contributed by atoms with Crippen molar-refractivity contribution in [2.24, 2.45) is 5.92 Å². The number of aromatic nitrogens is 2. The first-order chi connectivity index (χ1) is 6.68. The zero-order valence-electron chi connectivity index (χ0n) is 7.68. The van der Waals surface area contributed by atoms with E-state index in [1.54, 1.807) is 5.38 Å². The minimum Gasteiger partial charge on any atom is -0.336 e. The average Bonchev–Trinajstić information content (AvgIpc) is 2.76. The summed E-state index contributed by atoms with van der Waals surface area (Å²) in [6.45, 7) is 3.69. The van der Waals surface area contributed by atoms with Crippen LogP contribution in [0, 0.1) is 5.92 Å². The Morgan fingerprint density at radius 3 is 3.00 bits per heavy atom. The second-order valence-electron chi connectivity index (χ2n) is 3.49. The number of alkyl halides is 1. The highest BCUT2D eigenvalue weighted by molar-refractivity contribution is 9.09. The predicted molar refractivity (Wildman–Crippen MR) is 57.7 cm³/mol. The van der Waals surface area contributed by atoms with Gasteiger partial charge in [-0.3, -0.25) is 4.79 Å². The number of rotatable bonds is 1. The van der Waals surface area contributed by atoms with Gasteiger partial charge in [-0.1, -0.05) is 27.3 Å². The van der Waals surface area contributed by atoms with Gasteiger partial charge in [0.25, 0.3) is 5.91 Å². The molecule has 1 aliphatic rings. The number of hydrogen-bond acceptors (Lipinski definition) is 4. The van der Waals surface area contributed by atoms with Gasteiger partial charge >= 0.3 is 0 Å². The molecule has 2 heterocycles. The Balaban J connectivity index is 2.07. The highest BCUT2D eigenvalue weighted by atomic mass is 79.9. The molecule has 1 fully saturated rings. The van der Waals surface area contributed by atoms with Gasteiger partial charge in [0.1, 0.15) is 0 Å². The Kier molecular flexibility index (Phi) is 2.83. The fraction of sp³-hybridized carbons (Fsp3) is 0.625. The van der Waals surface area contributed by atoms with Gasteiger partial charge in [-0.2, -0.15) is 0 Å². The number of likely N-dealkylation sites (tertiary alicyclic amines) is 1. The summed E-state index contributed by atoms with van der Waals surface area (Å²) in [4.78, 5) is 14.0. The molecule has 2 atom stereocenters. The smallest absolute Gasteiger partial charge is 0.275 e. The molecular weight excluding hydrogens is 266 g/mol. The Morgan fingerprint density at radius 1 is 1.71 bits per heavy atom. The van der Waals surface area contributed by atoms with E-state index in [-0.39, 0.29) is 5.91 Å². The van der Waals surface area contributed by atoms with Gasteiger partial charge in [0.05, 0.1) is 0 Å². The maximum atomic E-state index is 11.8. The van der Waals surface area contributed by atoms with Crippen molar-refractivity contribution in [2.45, 2.75) is 11.8 Å². The van der Waals surface area contributed by atoms with Gasteiger partial charge < -0.3 is 4.90 Å². The van der Waals surface area contributed by atoms with Crippen LogP contribution in [0.1, 0.15) is 17.4 Å². The first kappa shape index (κ1) is 10.0. The Morgan fingerprint density at radius 2 is 2.50 bits per heavy atom. The van der Waals surface area contributed by atoms with Crippen LogP contribution in [0.15, 0.2) is 5.38 Å². The van der Waals surface area contributed by atoms with E-state index >= 15 is 0 Å².